The number of hydrogen-bond donors (Lipinski definition) is 1. The van der Waals surface area contributed by atoms with Crippen molar-refractivity contribution in [3.8, 4) is 0 Å². The second-order valence-corrected chi connectivity index (χ2v) is 4.80. The van der Waals surface area contributed by atoms with Gasteiger partial charge in [0.25, 0.3) is 0 Å². The first-order valence-corrected chi connectivity index (χ1v) is 5.88. The number of rotatable bonds is 1. The molecule has 1 N–H and O–H groups in total. The molecule has 1 fully saturated rings. The van der Waals surface area contributed by atoms with E-state index in [0.717, 1.165) is 5.56 Å². The summed E-state index contributed by atoms with van der Waals surface area (Å²) >= 11 is 0. The molecule has 0 radical (unpaired) electrons. The number of aliphatic hydroxyl groups is 1. The van der Waals surface area contributed by atoms with Gasteiger partial charge in [-0.05, 0) is 17.9 Å². The molecule has 1 aromatic rings. The highest BCUT2D eigenvalue weighted by Gasteiger charge is 2.38. The molecule has 2 heteroatoms. The van der Waals surface area contributed by atoms with E-state index in [1.807, 2.05) is 44.2 Å². The zero-order valence-corrected chi connectivity index (χ0v) is 9.76. The maximum Gasteiger partial charge on any atom is 0.141 e. The lowest BCUT2D eigenvalue weighted by Gasteiger charge is -2.35. The quantitative estimate of drug-likeness (QED) is 0.785. The second kappa shape index (κ2) is 4.38. The molecule has 16 heavy (non-hydrogen) atoms. The number of hydrogen-bond acceptors (Lipinski definition) is 2. The van der Waals surface area contributed by atoms with Crippen molar-refractivity contribution < 1.29 is 9.90 Å². The van der Waals surface area contributed by atoms with E-state index in [2.05, 4.69) is 0 Å². The zero-order valence-electron chi connectivity index (χ0n) is 9.76. The Bertz CT molecular complexity index is 372. The van der Waals surface area contributed by atoms with Gasteiger partial charge in [-0.25, -0.2) is 0 Å². The molecule has 0 unspecified atom stereocenters. The minimum absolute atomic E-state index is 0.0146. The molecule has 0 amide bonds. The molecular weight excluding hydrogens is 200 g/mol. The normalized spacial score (nSPS) is 35.1. The summed E-state index contributed by atoms with van der Waals surface area (Å²) in [6, 6.07) is 10.0. The molecule has 0 aliphatic heterocycles. The third kappa shape index (κ3) is 1.90. The number of carbonyl (C=O) groups is 1. The van der Waals surface area contributed by atoms with E-state index < -0.39 is 6.10 Å². The number of Topliss-reactive ketones (excluding diaryl/α,β-unsaturated/α-hetero) is 1. The number of carbonyl (C=O) groups excluding carboxylic acids is 1. The summed E-state index contributed by atoms with van der Waals surface area (Å²) in [5.74, 6) is 0.156. The maximum atomic E-state index is 12.0. The van der Waals surface area contributed by atoms with Crippen molar-refractivity contribution >= 4 is 5.78 Å². The van der Waals surface area contributed by atoms with E-state index in [1.165, 1.54) is 0 Å². The van der Waals surface area contributed by atoms with E-state index in [0.29, 0.717) is 6.42 Å². The molecule has 0 saturated heterocycles. The van der Waals surface area contributed by atoms with Gasteiger partial charge in [-0.3, -0.25) is 4.79 Å². The average molecular weight is 218 g/mol. The Morgan fingerprint density at radius 3 is 2.38 bits per heavy atom. The summed E-state index contributed by atoms with van der Waals surface area (Å²) < 4.78 is 0. The van der Waals surface area contributed by atoms with Crippen molar-refractivity contribution in [2.24, 2.45) is 11.8 Å². The smallest absolute Gasteiger partial charge is 0.141 e. The standard InChI is InChI=1S/C14H18O2/c1-9-12(11-6-4-3-5-7-11)8-13(15)10(2)14(9)16/h3-7,9-10,12-13,15H,8H2,1-2H3/t9-,10-,12+,13-/m0/s1. The lowest BCUT2D eigenvalue weighted by molar-refractivity contribution is -0.134. The van der Waals surface area contributed by atoms with Gasteiger partial charge in [0.1, 0.15) is 5.78 Å². The van der Waals surface area contributed by atoms with Crippen LogP contribution in [0.4, 0.5) is 0 Å². The highest BCUT2D eigenvalue weighted by atomic mass is 16.3. The molecule has 0 aromatic heterocycles. The van der Waals surface area contributed by atoms with Gasteiger partial charge in [0.2, 0.25) is 0 Å². The number of aliphatic hydroxyl groups excluding tert-OH is 1. The SMILES string of the molecule is C[C@@H]1C(=O)[C@@H](C)[C@H](c2ccccc2)C[C@@H]1O. The fourth-order valence-corrected chi connectivity index (χ4v) is 2.60. The first kappa shape index (κ1) is 11.3. The molecule has 0 heterocycles. The zero-order chi connectivity index (χ0) is 11.7. The first-order valence-electron chi connectivity index (χ1n) is 5.88. The van der Waals surface area contributed by atoms with Crippen molar-refractivity contribution in [2.45, 2.75) is 32.3 Å². The number of ketones is 1. The van der Waals surface area contributed by atoms with E-state index in [1.54, 1.807) is 0 Å². The van der Waals surface area contributed by atoms with E-state index in [9.17, 15) is 9.90 Å². The Labute approximate surface area is 96.3 Å². The van der Waals surface area contributed by atoms with Crippen LogP contribution in [-0.2, 0) is 4.79 Å². The number of benzene rings is 1. The molecule has 0 spiro atoms. The van der Waals surface area contributed by atoms with Crippen molar-refractivity contribution in [1.82, 2.24) is 0 Å². The lowest BCUT2D eigenvalue weighted by atomic mass is 9.70. The van der Waals surface area contributed by atoms with Crippen molar-refractivity contribution in [3.05, 3.63) is 35.9 Å². The molecule has 86 valence electrons. The van der Waals surface area contributed by atoms with E-state index in [-0.39, 0.29) is 23.5 Å². The Balaban J connectivity index is 2.26. The Hall–Kier alpha value is -1.15. The van der Waals surface area contributed by atoms with Crippen LogP contribution >= 0.6 is 0 Å². The molecule has 1 saturated carbocycles. The summed E-state index contributed by atoms with van der Waals surface area (Å²) in [7, 11) is 0. The van der Waals surface area contributed by atoms with Gasteiger partial charge < -0.3 is 5.11 Å². The van der Waals surface area contributed by atoms with Crippen LogP contribution in [-0.4, -0.2) is 17.0 Å². The van der Waals surface area contributed by atoms with Crippen LogP contribution < -0.4 is 0 Å². The van der Waals surface area contributed by atoms with Crippen LogP contribution in [0.1, 0.15) is 31.7 Å². The summed E-state index contributed by atoms with van der Waals surface area (Å²) in [6.07, 6.45) is 0.201. The highest BCUT2D eigenvalue weighted by molar-refractivity contribution is 5.85. The predicted molar refractivity (Wildman–Crippen MR) is 63.1 cm³/mol. The summed E-state index contributed by atoms with van der Waals surface area (Å²) in [5, 5.41) is 9.88. The van der Waals surface area contributed by atoms with Crippen LogP contribution in [0.2, 0.25) is 0 Å². The van der Waals surface area contributed by atoms with E-state index >= 15 is 0 Å². The van der Waals surface area contributed by atoms with Crippen LogP contribution in [0, 0.1) is 11.8 Å². The van der Waals surface area contributed by atoms with Gasteiger partial charge in [-0.1, -0.05) is 44.2 Å². The lowest BCUT2D eigenvalue weighted by Crippen LogP contribution is -2.39. The highest BCUT2D eigenvalue weighted by Crippen LogP contribution is 2.37. The summed E-state index contributed by atoms with van der Waals surface area (Å²) in [4.78, 5) is 12.0. The summed E-state index contributed by atoms with van der Waals surface area (Å²) in [6.45, 7) is 3.80. The Kier molecular flexibility index (Phi) is 3.10. The molecule has 4 atom stereocenters. The van der Waals surface area contributed by atoms with Gasteiger partial charge in [-0.2, -0.15) is 0 Å². The molecule has 1 aliphatic carbocycles. The van der Waals surface area contributed by atoms with Gasteiger partial charge >= 0.3 is 0 Å². The Morgan fingerprint density at radius 1 is 1.12 bits per heavy atom. The molecule has 1 aromatic carbocycles. The average Bonchev–Trinajstić information content (AvgIpc) is 2.32. The van der Waals surface area contributed by atoms with Gasteiger partial charge in [-0.15, -0.1) is 0 Å². The molecule has 0 bridgehead atoms. The van der Waals surface area contributed by atoms with Crippen LogP contribution in [0.15, 0.2) is 30.3 Å². The minimum atomic E-state index is -0.492. The molecule has 2 nitrogen and oxygen atoms in total. The predicted octanol–water partition coefficient (Wildman–Crippen LogP) is 2.38. The third-order valence-electron chi connectivity index (χ3n) is 3.80. The summed E-state index contributed by atoms with van der Waals surface area (Å²) in [5.41, 5.74) is 1.16. The molecular formula is C14H18O2. The van der Waals surface area contributed by atoms with Crippen LogP contribution in [0.5, 0.6) is 0 Å². The third-order valence-corrected chi connectivity index (χ3v) is 3.80. The minimum Gasteiger partial charge on any atom is -0.392 e. The molecule has 2 rings (SSSR count). The van der Waals surface area contributed by atoms with Gasteiger partial charge in [0, 0.05) is 11.8 Å². The van der Waals surface area contributed by atoms with E-state index in [4.69, 9.17) is 0 Å². The topological polar surface area (TPSA) is 37.3 Å². The van der Waals surface area contributed by atoms with Gasteiger partial charge in [0.05, 0.1) is 6.10 Å². The van der Waals surface area contributed by atoms with Crippen molar-refractivity contribution in [3.63, 3.8) is 0 Å². The van der Waals surface area contributed by atoms with Gasteiger partial charge in [0.15, 0.2) is 0 Å². The van der Waals surface area contributed by atoms with Crippen LogP contribution in [0.3, 0.4) is 0 Å². The van der Waals surface area contributed by atoms with Crippen LogP contribution in [0.25, 0.3) is 0 Å². The van der Waals surface area contributed by atoms with Crippen molar-refractivity contribution in [1.29, 1.82) is 0 Å². The largest absolute Gasteiger partial charge is 0.392 e. The molecule has 1 aliphatic rings. The maximum absolute atomic E-state index is 12.0. The first-order chi connectivity index (χ1) is 7.61. The Morgan fingerprint density at radius 2 is 1.75 bits per heavy atom. The monoisotopic (exact) mass is 218 g/mol. The second-order valence-electron chi connectivity index (χ2n) is 4.80. The fraction of sp³-hybridized carbons (Fsp3) is 0.500. The fourth-order valence-electron chi connectivity index (χ4n) is 2.60. The van der Waals surface area contributed by atoms with Crippen molar-refractivity contribution in [2.75, 3.05) is 0 Å².